The zero-order valence-corrected chi connectivity index (χ0v) is 29.7. The number of aliphatic hydroxyl groups is 2. The highest BCUT2D eigenvalue weighted by molar-refractivity contribution is 7.85. The van der Waals surface area contributed by atoms with Crippen molar-refractivity contribution in [1.82, 2.24) is 5.32 Å². The maximum absolute atomic E-state index is 12.5. The van der Waals surface area contributed by atoms with E-state index in [1.807, 2.05) is 0 Å². The van der Waals surface area contributed by atoms with E-state index >= 15 is 0 Å². The highest BCUT2D eigenvalue weighted by Crippen LogP contribution is 2.16. The van der Waals surface area contributed by atoms with E-state index in [-0.39, 0.29) is 0 Å². The van der Waals surface area contributed by atoms with Crippen molar-refractivity contribution in [2.75, 3.05) is 5.75 Å². The van der Waals surface area contributed by atoms with E-state index in [0.717, 1.165) is 44.9 Å². The van der Waals surface area contributed by atoms with Crippen LogP contribution in [0.15, 0.2) is 0 Å². The van der Waals surface area contributed by atoms with Gasteiger partial charge in [0.05, 0.1) is 17.9 Å². The van der Waals surface area contributed by atoms with Gasteiger partial charge in [-0.15, -0.1) is 0 Å². The lowest BCUT2D eigenvalue weighted by atomic mass is 10.0. The van der Waals surface area contributed by atoms with Crippen LogP contribution in [0.4, 0.5) is 0 Å². The van der Waals surface area contributed by atoms with Crippen LogP contribution in [0.25, 0.3) is 0 Å². The van der Waals surface area contributed by atoms with Crippen molar-refractivity contribution in [2.24, 2.45) is 0 Å². The lowest BCUT2D eigenvalue weighted by molar-refractivity contribution is -0.131. The molecule has 0 heterocycles. The van der Waals surface area contributed by atoms with Gasteiger partial charge < -0.3 is 15.5 Å². The van der Waals surface area contributed by atoms with Crippen LogP contribution < -0.4 is 5.32 Å². The van der Waals surface area contributed by atoms with Crippen LogP contribution in [-0.2, 0) is 14.9 Å². The van der Waals surface area contributed by atoms with Gasteiger partial charge in [-0.05, 0) is 12.8 Å². The number of aliphatic hydroxyl groups excluding tert-OH is 2. The Labute approximate surface area is 272 Å². The predicted octanol–water partition coefficient (Wildman–Crippen LogP) is 9.43. The van der Waals surface area contributed by atoms with Crippen LogP contribution in [-0.4, -0.2) is 53.1 Å². The van der Waals surface area contributed by atoms with E-state index in [2.05, 4.69) is 19.2 Å². The molecule has 0 saturated heterocycles. The van der Waals surface area contributed by atoms with Gasteiger partial charge in [0, 0.05) is 0 Å². The molecule has 0 aromatic carbocycles. The maximum Gasteiger partial charge on any atom is 0.266 e. The van der Waals surface area contributed by atoms with Gasteiger partial charge in [-0.2, -0.15) is 8.42 Å². The molecule has 0 spiro atoms. The predicted molar refractivity (Wildman–Crippen MR) is 186 cm³/mol. The second-order valence-electron chi connectivity index (χ2n) is 13.4. The Hall–Kier alpha value is -0.700. The lowest BCUT2D eigenvalue weighted by Gasteiger charge is -2.24. The first-order chi connectivity index (χ1) is 21.2. The third-order valence-electron chi connectivity index (χ3n) is 8.92. The van der Waals surface area contributed by atoms with Crippen molar-refractivity contribution in [2.45, 2.75) is 218 Å². The van der Waals surface area contributed by atoms with Crippen molar-refractivity contribution >= 4 is 16.0 Å². The van der Waals surface area contributed by atoms with E-state index < -0.39 is 40.0 Å². The summed E-state index contributed by atoms with van der Waals surface area (Å²) >= 11 is 0. The number of rotatable bonds is 34. The summed E-state index contributed by atoms with van der Waals surface area (Å²) in [5.74, 6) is -1.45. The van der Waals surface area contributed by atoms with E-state index in [1.165, 1.54) is 122 Å². The van der Waals surface area contributed by atoms with Gasteiger partial charge in [0.2, 0.25) is 5.91 Å². The monoisotopic (exact) mass is 648 g/mol. The second-order valence-corrected chi connectivity index (χ2v) is 14.9. The Morgan fingerprint density at radius 2 is 0.818 bits per heavy atom. The lowest BCUT2D eigenvalue weighted by Crippen LogP contribution is -2.50. The minimum atomic E-state index is -4.39. The van der Waals surface area contributed by atoms with Crippen molar-refractivity contribution in [3.8, 4) is 0 Å². The van der Waals surface area contributed by atoms with Crippen molar-refractivity contribution in [1.29, 1.82) is 0 Å². The molecular formula is C36H73NO6S. The molecule has 0 aliphatic rings. The van der Waals surface area contributed by atoms with Crippen molar-refractivity contribution < 1.29 is 28.0 Å². The SMILES string of the molecule is CCCCCCCCCCCCCCCCCCCCCC(O)C(CS(=O)(=O)O)NC(=O)C(O)CCCCCCCCCC. The fourth-order valence-electron chi connectivity index (χ4n) is 5.99. The van der Waals surface area contributed by atoms with Crippen LogP contribution in [0.1, 0.15) is 200 Å². The number of hydrogen-bond acceptors (Lipinski definition) is 5. The number of nitrogens with one attached hydrogen (secondary N) is 1. The van der Waals surface area contributed by atoms with Gasteiger partial charge in [-0.1, -0.05) is 187 Å². The van der Waals surface area contributed by atoms with Gasteiger partial charge in [0.15, 0.2) is 0 Å². The van der Waals surface area contributed by atoms with Crippen LogP contribution >= 0.6 is 0 Å². The minimum absolute atomic E-state index is 0.300. The third-order valence-corrected chi connectivity index (χ3v) is 9.70. The van der Waals surface area contributed by atoms with Gasteiger partial charge in [-0.3, -0.25) is 9.35 Å². The van der Waals surface area contributed by atoms with Gasteiger partial charge in [0.1, 0.15) is 6.10 Å². The van der Waals surface area contributed by atoms with Crippen LogP contribution in [0.5, 0.6) is 0 Å². The van der Waals surface area contributed by atoms with Gasteiger partial charge in [-0.25, -0.2) is 0 Å². The quantitative estimate of drug-likeness (QED) is 0.0407. The number of carbonyl (C=O) groups is 1. The fourth-order valence-corrected chi connectivity index (χ4v) is 6.75. The molecular weight excluding hydrogens is 574 g/mol. The molecule has 8 heteroatoms. The fraction of sp³-hybridized carbons (Fsp3) is 0.972. The summed E-state index contributed by atoms with van der Waals surface area (Å²) in [7, 11) is -4.39. The zero-order valence-electron chi connectivity index (χ0n) is 28.9. The Kier molecular flexibility index (Phi) is 30.4. The average Bonchev–Trinajstić information content (AvgIpc) is 2.98. The van der Waals surface area contributed by atoms with E-state index in [1.54, 1.807) is 0 Å². The topological polar surface area (TPSA) is 124 Å². The molecule has 0 radical (unpaired) electrons. The summed E-state index contributed by atoms with van der Waals surface area (Å²) in [6, 6.07) is -1.14. The molecule has 0 rings (SSSR count). The molecule has 1 amide bonds. The first kappa shape index (κ1) is 43.3. The largest absolute Gasteiger partial charge is 0.391 e. The first-order valence-corrected chi connectivity index (χ1v) is 20.4. The molecule has 7 nitrogen and oxygen atoms in total. The highest BCUT2D eigenvalue weighted by atomic mass is 32.2. The summed E-state index contributed by atoms with van der Waals surface area (Å²) in [4.78, 5) is 12.5. The molecule has 264 valence electrons. The Balaban J connectivity index is 3.92. The molecule has 0 aromatic rings. The summed E-state index contributed by atoms with van der Waals surface area (Å²) in [5, 5.41) is 23.3. The molecule has 0 aromatic heterocycles. The van der Waals surface area contributed by atoms with Crippen LogP contribution in [0.3, 0.4) is 0 Å². The summed E-state index contributed by atoms with van der Waals surface area (Å²) < 4.78 is 32.4. The first-order valence-electron chi connectivity index (χ1n) is 18.8. The van der Waals surface area contributed by atoms with Gasteiger partial charge in [0.25, 0.3) is 10.1 Å². The van der Waals surface area contributed by atoms with E-state index in [4.69, 9.17) is 0 Å². The van der Waals surface area contributed by atoms with Crippen molar-refractivity contribution in [3.63, 3.8) is 0 Å². The highest BCUT2D eigenvalue weighted by Gasteiger charge is 2.28. The van der Waals surface area contributed by atoms with Crippen molar-refractivity contribution in [3.05, 3.63) is 0 Å². The van der Waals surface area contributed by atoms with Crippen LogP contribution in [0, 0.1) is 0 Å². The average molecular weight is 648 g/mol. The Bertz CT molecular complexity index is 732. The number of amides is 1. The standard InChI is InChI=1S/C36H73NO6S/c1-3-5-7-9-11-13-14-15-16-17-18-19-20-21-22-23-25-26-28-30-34(38)33(32-44(41,42)43)37-36(40)35(39)31-29-27-24-12-10-8-6-4-2/h33-35,38-39H,3-32H2,1-2H3,(H,37,40)(H,41,42,43). The normalized spacial score (nSPS) is 14.0. The zero-order chi connectivity index (χ0) is 32.7. The minimum Gasteiger partial charge on any atom is -0.391 e. The third kappa shape index (κ3) is 30.0. The molecule has 44 heavy (non-hydrogen) atoms. The number of carbonyl (C=O) groups excluding carboxylic acids is 1. The van der Waals surface area contributed by atoms with Crippen LogP contribution in [0.2, 0.25) is 0 Å². The summed E-state index contributed by atoms with van der Waals surface area (Å²) in [5.41, 5.74) is 0. The van der Waals surface area contributed by atoms with E-state index in [0.29, 0.717) is 19.3 Å². The Morgan fingerprint density at radius 3 is 1.14 bits per heavy atom. The number of unbranched alkanes of at least 4 members (excludes halogenated alkanes) is 25. The number of hydrogen-bond donors (Lipinski definition) is 4. The maximum atomic E-state index is 12.5. The molecule has 0 bridgehead atoms. The Morgan fingerprint density at radius 1 is 0.523 bits per heavy atom. The molecule has 0 aliphatic heterocycles. The molecule has 3 unspecified atom stereocenters. The molecule has 4 N–H and O–H groups in total. The van der Waals surface area contributed by atoms with E-state index in [9.17, 15) is 28.0 Å². The molecule has 0 aliphatic carbocycles. The molecule has 0 saturated carbocycles. The van der Waals surface area contributed by atoms with Gasteiger partial charge >= 0.3 is 0 Å². The molecule has 3 atom stereocenters. The summed E-state index contributed by atoms with van der Waals surface area (Å²) in [6.07, 6.45) is 31.4. The smallest absolute Gasteiger partial charge is 0.266 e. The molecule has 0 fully saturated rings. The summed E-state index contributed by atoms with van der Waals surface area (Å²) in [6.45, 7) is 4.46. The second kappa shape index (κ2) is 30.9.